The van der Waals surface area contributed by atoms with Crippen LogP contribution in [0.1, 0.15) is 225 Å². The molecule has 0 saturated carbocycles. The zero-order chi connectivity index (χ0) is 66.3. The number of para-hydroxylation sites is 1. The van der Waals surface area contributed by atoms with Gasteiger partial charge in [0.2, 0.25) is 0 Å². The van der Waals surface area contributed by atoms with E-state index in [1.54, 1.807) is 6.34 Å². The summed E-state index contributed by atoms with van der Waals surface area (Å²) in [4.78, 5) is 54.0. The summed E-state index contributed by atoms with van der Waals surface area (Å²) in [5.74, 6) is 0.764. The maximum absolute atomic E-state index is 12.6. The fraction of sp³-hybridized carbons (Fsp3) is 0.488. The number of anilines is 2. The minimum absolute atomic E-state index is 0.0541. The van der Waals surface area contributed by atoms with Gasteiger partial charge in [-0.05, 0) is 108 Å². The highest BCUT2D eigenvalue weighted by molar-refractivity contribution is 6.04. The monoisotopic (exact) mass is 1290 g/mol. The molecular formula is C82H108N12O2. The number of H-pyrrole nitrogens is 2. The number of aromatic amines is 2. The maximum Gasteiger partial charge on any atom is 0.326 e. The Hall–Kier alpha value is -8.10. The van der Waals surface area contributed by atoms with E-state index in [-0.39, 0.29) is 17.8 Å². The number of pyridine rings is 2. The Bertz CT molecular complexity index is 4130. The molecule has 2 aliphatic carbocycles. The molecule has 3 atom stereocenters. The average Bonchev–Trinajstić information content (AvgIpc) is 1.38. The Labute approximate surface area is 570 Å². The number of likely N-dealkylation sites (tertiary alicyclic amines) is 1. The van der Waals surface area contributed by atoms with Gasteiger partial charge in [0, 0.05) is 41.0 Å². The second kappa shape index (κ2) is 35.8. The summed E-state index contributed by atoms with van der Waals surface area (Å²) < 4.78 is 0. The quantitative estimate of drug-likeness (QED) is 0.0171. The van der Waals surface area contributed by atoms with E-state index in [2.05, 4.69) is 140 Å². The van der Waals surface area contributed by atoms with Crippen molar-refractivity contribution in [2.75, 3.05) is 23.3 Å². The number of hydrogen-bond acceptors (Lipinski definition) is 12. The van der Waals surface area contributed by atoms with E-state index in [4.69, 9.17) is 20.7 Å². The fourth-order valence-corrected chi connectivity index (χ4v) is 15.0. The fourth-order valence-electron chi connectivity index (χ4n) is 15.0. The second-order valence-electron chi connectivity index (χ2n) is 27.6. The lowest BCUT2D eigenvalue weighted by atomic mass is 9.86. The molecule has 96 heavy (non-hydrogen) atoms. The van der Waals surface area contributed by atoms with Crippen LogP contribution in [0.5, 0.6) is 0 Å². The SMILES string of the molecule is CCCCCCCCCCCCN1C2C=C3CC=CC=C3C=C2C2=C(N)NC=NC21.CCCCCCCCCCCCN1c2cc3ccccc3cc2NC2=CNC=NC21.CCCCCCCCCCCCc1c2cc3nc4ccccc4cc3cc2nc2c(=O)[nH]c(=O)[nH]c12. The lowest BCUT2D eigenvalue weighted by Gasteiger charge is -2.40. The van der Waals surface area contributed by atoms with Crippen molar-refractivity contribution in [2.24, 2.45) is 15.7 Å². The third kappa shape index (κ3) is 17.9. The molecule has 3 unspecified atom stereocenters. The molecule has 7 aromatic rings. The summed E-state index contributed by atoms with van der Waals surface area (Å²) in [5.41, 5.74) is 18.7. The van der Waals surface area contributed by atoms with Crippen molar-refractivity contribution < 1.29 is 0 Å². The highest BCUT2D eigenvalue weighted by atomic mass is 16.2. The molecule has 0 radical (unpaired) electrons. The molecule has 1 fully saturated rings. The van der Waals surface area contributed by atoms with Crippen LogP contribution in [0.2, 0.25) is 0 Å². The van der Waals surface area contributed by atoms with E-state index in [9.17, 15) is 9.59 Å². The van der Waals surface area contributed by atoms with Crippen molar-refractivity contribution in [3.8, 4) is 0 Å². The molecule has 13 rings (SSSR count). The van der Waals surface area contributed by atoms with Gasteiger partial charge in [0.25, 0.3) is 5.56 Å². The number of benzene rings is 4. The highest BCUT2D eigenvalue weighted by Gasteiger charge is 2.44. The third-order valence-electron chi connectivity index (χ3n) is 20.3. The number of nitrogens with one attached hydrogen (secondary N) is 5. The number of rotatable bonds is 33. The van der Waals surface area contributed by atoms with Crippen LogP contribution in [-0.4, -0.2) is 69.0 Å². The molecule has 6 aliphatic rings. The van der Waals surface area contributed by atoms with Crippen LogP contribution in [0, 0.1) is 0 Å². The zero-order valence-electron chi connectivity index (χ0n) is 58.0. The van der Waals surface area contributed by atoms with E-state index < -0.39 is 11.2 Å². The van der Waals surface area contributed by atoms with Gasteiger partial charge in [-0.3, -0.25) is 19.7 Å². The first kappa shape index (κ1) is 69.3. The lowest BCUT2D eigenvalue weighted by Crippen LogP contribution is -2.44. The summed E-state index contributed by atoms with van der Waals surface area (Å²) in [5, 5.41) is 15.4. The minimum atomic E-state index is -0.497. The van der Waals surface area contributed by atoms with E-state index in [0.29, 0.717) is 11.6 Å². The Kier molecular flexibility index (Phi) is 25.8. The van der Waals surface area contributed by atoms with E-state index in [1.807, 2.05) is 42.9 Å². The molecule has 4 aromatic carbocycles. The molecule has 0 bridgehead atoms. The summed E-state index contributed by atoms with van der Waals surface area (Å²) in [6.45, 7) is 8.95. The summed E-state index contributed by atoms with van der Waals surface area (Å²) >= 11 is 0. The van der Waals surface area contributed by atoms with Gasteiger partial charge in [0.05, 0.1) is 57.9 Å². The number of aliphatic imine (C=N–C) groups is 2. The molecule has 0 spiro atoms. The Morgan fingerprint density at radius 3 is 1.85 bits per heavy atom. The Morgan fingerprint density at radius 2 is 1.18 bits per heavy atom. The average molecular weight is 1290 g/mol. The van der Waals surface area contributed by atoms with E-state index in [0.717, 1.165) is 88.6 Å². The summed E-state index contributed by atoms with van der Waals surface area (Å²) in [7, 11) is 0. The van der Waals surface area contributed by atoms with Gasteiger partial charge in [-0.15, -0.1) is 0 Å². The maximum atomic E-state index is 12.6. The molecule has 1 saturated heterocycles. The number of hydrogen-bond donors (Lipinski definition) is 6. The van der Waals surface area contributed by atoms with Gasteiger partial charge in [0.1, 0.15) is 12.0 Å². The normalized spacial score (nSPS) is 17.5. The van der Waals surface area contributed by atoms with Gasteiger partial charge in [-0.1, -0.05) is 261 Å². The molecule has 3 aromatic heterocycles. The molecular weight excluding hydrogens is 1180 g/mol. The van der Waals surface area contributed by atoms with Crippen LogP contribution in [-0.2, 0) is 6.42 Å². The number of aromatic nitrogens is 4. The first-order valence-corrected chi connectivity index (χ1v) is 37.5. The molecule has 508 valence electrons. The predicted molar refractivity (Wildman–Crippen MR) is 406 cm³/mol. The van der Waals surface area contributed by atoms with Crippen molar-refractivity contribution >= 4 is 78.6 Å². The molecule has 7 heterocycles. The lowest BCUT2D eigenvalue weighted by molar-refractivity contribution is 0.233. The summed E-state index contributed by atoms with van der Waals surface area (Å²) in [6.07, 6.45) is 58.9. The van der Waals surface area contributed by atoms with Gasteiger partial charge in [-0.2, -0.15) is 0 Å². The van der Waals surface area contributed by atoms with Gasteiger partial charge < -0.3 is 31.6 Å². The summed E-state index contributed by atoms with van der Waals surface area (Å²) in [6, 6.07) is 27.7. The van der Waals surface area contributed by atoms with Crippen LogP contribution >= 0.6 is 0 Å². The first-order chi connectivity index (χ1) is 47.3. The number of nitrogens with zero attached hydrogens (tertiary/aromatic N) is 6. The largest absolute Gasteiger partial charge is 0.385 e. The minimum Gasteiger partial charge on any atom is -0.385 e. The van der Waals surface area contributed by atoms with Crippen LogP contribution in [0.25, 0.3) is 54.5 Å². The highest BCUT2D eigenvalue weighted by Crippen LogP contribution is 2.44. The van der Waals surface area contributed by atoms with Gasteiger partial charge in [0.15, 0.2) is 11.7 Å². The third-order valence-corrected chi connectivity index (χ3v) is 20.3. The van der Waals surface area contributed by atoms with Crippen LogP contribution < -0.4 is 37.8 Å². The number of unbranched alkanes of at least 4 members (excludes halogenated alkanes) is 27. The van der Waals surface area contributed by atoms with Crippen LogP contribution in [0.15, 0.2) is 169 Å². The topological polar surface area (TPSA) is 185 Å². The van der Waals surface area contributed by atoms with Gasteiger partial charge >= 0.3 is 5.69 Å². The van der Waals surface area contributed by atoms with Crippen molar-refractivity contribution in [3.05, 3.63) is 176 Å². The number of aryl methyl sites for hydroxylation is 1. The molecule has 14 heteroatoms. The van der Waals surface area contributed by atoms with Crippen molar-refractivity contribution in [1.82, 2.24) is 35.5 Å². The standard InChI is InChI=1S/C30H34N4O2.C26H36N4.C26H38N4/c1-2-3-4-5-6-7-8-9-10-11-15-22-23-19-25-21(17-20-14-12-13-16-24(20)31-25)18-26(23)32-28-27(22)33-30(36)34-29(28)35;1-2-3-4-5-6-7-8-9-10-13-16-30-25-18-22-15-12-11-14-21(22)17-23(25)29-24-19-27-20-28-26(24)30;1-2-3-4-5-6-7-8-9-10-13-16-30-23-18-21-15-12-11-14-20(21)17-22(23)24-25(27)28-19-29-26(24)30/h12-14,16-19H,2-11,15H2,1H3,(H2,33,34,35,36);11-12,14-15,17-20,26,29H,2-10,13,16H2,1H3,(H,27,28);11-12,14,17-19,23,26H,2-10,13,15-16,27H2,1H3,(H,28,29). The van der Waals surface area contributed by atoms with Crippen molar-refractivity contribution in [3.63, 3.8) is 0 Å². The van der Waals surface area contributed by atoms with Crippen molar-refractivity contribution in [2.45, 2.75) is 245 Å². The Balaban J connectivity index is 0.000000147. The second-order valence-corrected chi connectivity index (χ2v) is 27.6. The molecule has 7 N–H and O–H groups in total. The zero-order valence-corrected chi connectivity index (χ0v) is 58.0. The molecule has 4 aliphatic heterocycles. The number of allylic oxidation sites excluding steroid dienone is 6. The van der Waals surface area contributed by atoms with Crippen LogP contribution in [0.4, 0.5) is 11.4 Å². The number of nitrogens with two attached hydrogens (primary N) is 1. The van der Waals surface area contributed by atoms with Gasteiger partial charge in [-0.25, -0.2) is 19.8 Å². The molecule has 0 amide bonds. The number of fused-ring (bicyclic) bond motifs is 11. The van der Waals surface area contributed by atoms with E-state index in [1.165, 1.54) is 224 Å². The predicted octanol–water partition coefficient (Wildman–Crippen LogP) is 19.2. The molecule has 14 nitrogen and oxygen atoms in total. The van der Waals surface area contributed by atoms with E-state index >= 15 is 0 Å². The first-order valence-electron chi connectivity index (χ1n) is 37.5. The smallest absolute Gasteiger partial charge is 0.326 e. The van der Waals surface area contributed by atoms with Crippen molar-refractivity contribution in [1.29, 1.82) is 0 Å². The van der Waals surface area contributed by atoms with Crippen LogP contribution in [0.3, 0.4) is 0 Å². The Morgan fingerprint density at radius 1 is 0.573 bits per heavy atom.